The molecule has 0 unspecified atom stereocenters. The van der Waals surface area contributed by atoms with Crippen molar-refractivity contribution in [2.24, 2.45) is 0 Å². The largest absolute Gasteiger partial charge is 0.508 e. The normalized spacial score (nSPS) is 16.0. The molecule has 0 amide bonds. The Bertz CT molecular complexity index is 951. The summed E-state index contributed by atoms with van der Waals surface area (Å²) in [5.74, 6) is -0.0411. The van der Waals surface area contributed by atoms with Crippen molar-refractivity contribution >= 4 is 10.0 Å². The molecule has 1 saturated carbocycles. The number of para-hydroxylation sites is 1. The van der Waals surface area contributed by atoms with Crippen LogP contribution in [-0.2, 0) is 22.7 Å². The lowest BCUT2D eigenvalue weighted by Crippen LogP contribution is -2.38. The van der Waals surface area contributed by atoms with Crippen molar-refractivity contribution in [2.75, 3.05) is 0 Å². The zero-order chi connectivity index (χ0) is 20.5. The van der Waals surface area contributed by atoms with Crippen molar-refractivity contribution < 1.29 is 26.7 Å². The van der Waals surface area contributed by atoms with E-state index in [1.165, 1.54) is 29.4 Å². The molecule has 4 nitrogen and oxygen atoms in total. The smallest absolute Gasteiger partial charge is 0.416 e. The molecule has 3 rings (SSSR count). The summed E-state index contributed by atoms with van der Waals surface area (Å²) in [5, 5.41) is 10.1. The summed E-state index contributed by atoms with van der Waals surface area (Å²) in [7, 11) is -4.18. The van der Waals surface area contributed by atoms with E-state index in [1.807, 2.05) is 0 Å². The maximum absolute atomic E-state index is 13.3. The van der Waals surface area contributed by atoms with Crippen LogP contribution in [0.15, 0.2) is 47.4 Å². The number of benzene rings is 2. The van der Waals surface area contributed by atoms with Gasteiger partial charge in [-0.25, -0.2) is 8.42 Å². The summed E-state index contributed by atoms with van der Waals surface area (Å²) in [4.78, 5) is -0.382. The molecule has 2 aromatic rings. The molecule has 1 aliphatic rings. The molecule has 0 atom stereocenters. The Morgan fingerprint density at radius 1 is 1.11 bits per heavy atom. The van der Waals surface area contributed by atoms with Crippen LogP contribution >= 0.6 is 0 Å². The number of phenols is 1. The fourth-order valence-electron chi connectivity index (χ4n) is 3.62. The number of phenolic OH excluding ortho intramolecular Hbond substituents is 1. The van der Waals surface area contributed by atoms with E-state index in [4.69, 9.17) is 0 Å². The quantitative estimate of drug-likeness (QED) is 0.762. The van der Waals surface area contributed by atoms with Crippen LogP contribution in [0.3, 0.4) is 0 Å². The van der Waals surface area contributed by atoms with Crippen LogP contribution in [0.1, 0.15) is 42.4 Å². The van der Waals surface area contributed by atoms with Crippen LogP contribution in [-0.4, -0.2) is 23.9 Å². The third-order valence-electron chi connectivity index (χ3n) is 5.17. The topological polar surface area (TPSA) is 57.6 Å². The number of rotatable bonds is 5. The zero-order valence-electron chi connectivity index (χ0n) is 15.4. The molecule has 1 N–H and O–H groups in total. The molecule has 1 fully saturated rings. The highest BCUT2D eigenvalue weighted by atomic mass is 32.2. The molecular weight excluding hydrogens is 391 g/mol. The fourth-order valence-corrected chi connectivity index (χ4v) is 5.31. The fraction of sp³-hybridized carbons (Fsp3) is 0.400. The number of nitrogens with zero attached hydrogens (tertiary/aromatic N) is 1. The SMILES string of the molecule is Cc1ccc(S(=O)(=O)N(Cc2ccccc2O)C2CCCC2)cc1C(F)(F)F. The summed E-state index contributed by atoms with van der Waals surface area (Å²) in [6, 6.07) is 9.18. The van der Waals surface area contributed by atoms with Gasteiger partial charge in [0.15, 0.2) is 0 Å². The van der Waals surface area contributed by atoms with E-state index in [0.717, 1.165) is 12.8 Å². The lowest BCUT2D eigenvalue weighted by Gasteiger charge is -2.29. The number of alkyl halides is 3. The van der Waals surface area contributed by atoms with Crippen molar-refractivity contribution in [3.63, 3.8) is 0 Å². The van der Waals surface area contributed by atoms with Gasteiger partial charge in [-0.1, -0.05) is 37.1 Å². The van der Waals surface area contributed by atoms with Crippen molar-refractivity contribution in [1.29, 1.82) is 0 Å². The first-order valence-electron chi connectivity index (χ1n) is 9.07. The Hall–Kier alpha value is -2.06. The van der Waals surface area contributed by atoms with Gasteiger partial charge in [0, 0.05) is 18.2 Å². The molecule has 8 heteroatoms. The maximum atomic E-state index is 13.3. The summed E-state index contributed by atoms with van der Waals surface area (Å²) in [5.41, 5.74) is -0.566. The van der Waals surface area contributed by atoms with Gasteiger partial charge in [-0.2, -0.15) is 17.5 Å². The first-order chi connectivity index (χ1) is 13.1. The van der Waals surface area contributed by atoms with Gasteiger partial charge in [-0.15, -0.1) is 0 Å². The Kier molecular flexibility index (Phi) is 5.72. The molecule has 152 valence electrons. The van der Waals surface area contributed by atoms with Crippen molar-refractivity contribution in [1.82, 2.24) is 4.31 Å². The van der Waals surface area contributed by atoms with E-state index in [-0.39, 0.29) is 28.8 Å². The van der Waals surface area contributed by atoms with E-state index < -0.39 is 21.8 Å². The minimum absolute atomic E-state index is 0.0282. The number of aromatic hydroxyl groups is 1. The first kappa shape index (κ1) is 20.7. The zero-order valence-corrected chi connectivity index (χ0v) is 16.2. The Balaban J connectivity index is 2.05. The summed E-state index contributed by atoms with van der Waals surface area (Å²) >= 11 is 0. The maximum Gasteiger partial charge on any atom is 0.416 e. The van der Waals surface area contributed by atoms with Crippen LogP contribution < -0.4 is 0 Å². The molecule has 0 aliphatic heterocycles. The summed E-state index contributed by atoms with van der Waals surface area (Å²) in [6.45, 7) is 1.21. The molecule has 2 aromatic carbocycles. The lowest BCUT2D eigenvalue weighted by molar-refractivity contribution is -0.138. The first-order valence-corrected chi connectivity index (χ1v) is 10.5. The van der Waals surface area contributed by atoms with Crippen LogP contribution in [0.4, 0.5) is 13.2 Å². The third-order valence-corrected chi connectivity index (χ3v) is 7.07. The van der Waals surface area contributed by atoms with Gasteiger partial charge in [0.2, 0.25) is 10.0 Å². The predicted octanol–water partition coefficient (Wildman–Crippen LogP) is 4.85. The molecular formula is C20H22F3NO3S. The standard InChI is InChI=1S/C20H22F3NO3S/c1-14-10-11-17(12-18(14)20(21,22)23)28(26,27)24(16-7-3-4-8-16)13-15-6-2-5-9-19(15)25/h2,5-6,9-12,16,25H,3-4,7-8,13H2,1H3. The summed E-state index contributed by atoms with van der Waals surface area (Å²) < 4.78 is 67.7. The van der Waals surface area contributed by atoms with E-state index in [1.54, 1.807) is 18.2 Å². The highest BCUT2D eigenvalue weighted by Crippen LogP contribution is 2.36. The Morgan fingerprint density at radius 3 is 2.36 bits per heavy atom. The Morgan fingerprint density at radius 2 is 1.75 bits per heavy atom. The van der Waals surface area contributed by atoms with Gasteiger partial charge in [0.25, 0.3) is 0 Å². The minimum Gasteiger partial charge on any atom is -0.508 e. The average Bonchev–Trinajstić information content (AvgIpc) is 3.14. The number of hydrogen-bond acceptors (Lipinski definition) is 3. The van der Waals surface area contributed by atoms with Gasteiger partial charge in [-0.3, -0.25) is 0 Å². The summed E-state index contributed by atoms with van der Waals surface area (Å²) in [6.07, 6.45) is -1.63. The molecule has 0 spiro atoms. The molecule has 28 heavy (non-hydrogen) atoms. The second-order valence-corrected chi connectivity index (χ2v) is 8.98. The van der Waals surface area contributed by atoms with Gasteiger partial charge in [0.05, 0.1) is 10.5 Å². The number of sulfonamides is 1. The average molecular weight is 413 g/mol. The van der Waals surface area contributed by atoms with Gasteiger partial charge in [0.1, 0.15) is 5.75 Å². The van der Waals surface area contributed by atoms with Crippen molar-refractivity contribution in [2.45, 2.75) is 56.3 Å². The molecule has 0 heterocycles. The van der Waals surface area contributed by atoms with Crippen LogP contribution in [0.5, 0.6) is 5.75 Å². The molecule has 1 aliphatic carbocycles. The second kappa shape index (κ2) is 7.75. The van der Waals surface area contributed by atoms with E-state index in [9.17, 15) is 26.7 Å². The van der Waals surface area contributed by atoms with Gasteiger partial charge < -0.3 is 5.11 Å². The van der Waals surface area contributed by atoms with Crippen LogP contribution in [0.25, 0.3) is 0 Å². The van der Waals surface area contributed by atoms with Gasteiger partial charge in [-0.05, 0) is 43.5 Å². The molecule has 0 aromatic heterocycles. The predicted molar refractivity (Wildman–Crippen MR) is 99.3 cm³/mol. The van der Waals surface area contributed by atoms with Crippen LogP contribution in [0, 0.1) is 6.92 Å². The van der Waals surface area contributed by atoms with Gasteiger partial charge >= 0.3 is 6.18 Å². The molecule has 0 saturated heterocycles. The number of hydrogen-bond donors (Lipinski definition) is 1. The van der Waals surface area contributed by atoms with Crippen molar-refractivity contribution in [3.8, 4) is 5.75 Å². The highest BCUT2D eigenvalue weighted by molar-refractivity contribution is 7.89. The minimum atomic E-state index is -4.63. The second-order valence-electron chi connectivity index (χ2n) is 7.09. The molecule has 0 bridgehead atoms. The monoisotopic (exact) mass is 413 g/mol. The third kappa shape index (κ3) is 4.17. The van der Waals surface area contributed by atoms with E-state index >= 15 is 0 Å². The Labute approximate surface area is 162 Å². The number of aryl methyl sites for hydroxylation is 1. The highest BCUT2D eigenvalue weighted by Gasteiger charge is 2.37. The van der Waals surface area contributed by atoms with E-state index in [2.05, 4.69) is 0 Å². The van der Waals surface area contributed by atoms with Crippen LogP contribution in [0.2, 0.25) is 0 Å². The molecule has 0 radical (unpaired) electrons. The van der Waals surface area contributed by atoms with Crippen molar-refractivity contribution in [3.05, 3.63) is 59.2 Å². The lowest BCUT2D eigenvalue weighted by atomic mass is 10.1. The van der Waals surface area contributed by atoms with E-state index in [0.29, 0.717) is 24.5 Å². The number of halogens is 3.